The van der Waals surface area contributed by atoms with Gasteiger partial charge in [0.25, 0.3) is 0 Å². The van der Waals surface area contributed by atoms with Gasteiger partial charge in [0, 0.05) is 38.9 Å². The van der Waals surface area contributed by atoms with Gasteiger partial charge in [-0.15, -0.1) is 0 Å². The van der Waals surface area contributed by atoms with E-state index < -0.39 is 0 Å². The maximum Gasteiger partial charge on any atom is 0.222 e. The fourth-order valence-corrected chi connectivity index (χ4v) is 4.60. The van der Waals surface area contributed by atoms with Crippen LogP contribution in [-0.4, -0.2) is 56.1 Å². The van der Waals surface area contributed by atoms with Crippen molar-refractivity contribution < 1.29 is 0 Å². The third-order valence-corrected chi connectivity index (χ3v) is 6.65. The largest absolute Gasteiger partial charge is 0.373 e. The second kappa shape index (κ2) is 9.51. The molecule has 5 heteroatoms. The number of anilines is 2. The summed E-state index contributed by atoms with van der Waals surface area (Å²) in [4.78, 5) is 9.72. The van der Waals surface area contributed by atoms with Gasteiger partial charge in [0.2, 0.25) is 5.70 Å². The predicted octanol–water partition coefficient (Wildman–Crippen LogP) is 4.79. The molecule has 1 heterocycles. The minimum absolute atomic E-state index is 1.01. The minimum atomic E-state index is 1.01. The van der Waals surface area contributed by atoms with Gasteiger partial charge in [0.15, 0.2) is 10.6 Å². The summed E-state index contributed by atoms with van der Waals surface area (Å²) in [6.07, 6.45) is 7.83. The predicted molar refractivity (Wildman–Crippen MR) is 123 cm³/mol. The molecule has 1 aromatic rings. The highest BCUT2D eigenvalue weighted by Gasteiger charge is 2.28. The van der Waals surface area contributed by atoms with Crippen LogP contribution in [0, 0.1) is 6.08 Å². The van der Waals surface area contributed by atoms with Gasteiger partial charge in [-0.2, -0.15) is 0 Å². The molecule has 28 heavy (non-hydrogen) atoms. The Bertz CT molecular complexity index is 773. The fourth-order valence-electron chi connectivity index (χ4n) is 3.56. The standard InChI is InChI=1S/C23H33N4S/c1-6-26(7-2)15-14-25(5)18-10-12-20-22(16-18)28-23-17-19(27(8-3)9-4)11-13-21(23)24-20/h10-12,16-17,24H,6-9,14-15H2,1-5H3/q+1. The molecule has 1 aromatic carbocycles. The Morgan fingerprint density at radius 1 is 1.00 bits per heavy atom. The van der Waals surface area contributed by atoms with Crippen molar-refractivity contribution in [2.45, 2.75) is 32.6 Å². The van der Waals surface area contributed by atoms with Crippen molar-refractivity contribution in [2.24, 2.45) is 0 Å². The molecule has 0 aromatic heterocycles. The van der Waals surface area contributed by atoms with Crippen LogP contribution in [-0.2, 0) is 0 Å². The first-order valence-corrected chi connectivity index (χ1v) is 11.2. The molecule has 3 rings (SSSR count). The van der Waals surface area contributed by atoms with Gasteiger partial charge >= 0.3 is 0 Å². The van der Waals surface area contributed by atoms with E-state index in [0.717, 1.165) is 45.0 Å². The Morgan fingerprint density at radius 3 is 2.43 bits per heavy atom. The molecule has 150 valence electrons. The second-order valence-corrected chi connectivity index (χ2v) is 8.21. The molecule has 4 nitrogen and oxygen atoms in total. The lowest BCUT2D eigenvalue weighted by Gasteiger charge is -2.26. The van der Waals surface area contributed by atoms with Gasteiger partial charge in [-0.05, 0) is 56.9 Å². The van der Waals surface area contributed by atoms with E-state index in [1.807, 2.05) is 11.8 Å². The van der Waals surface area contributed by atoms with Gasteiger partial charge in [-0.3, -0.25) is 0 Å². The van der Waals surface area contributed by atoms with Gasteiger partial charge in [0.05, 0.1) is 22.7 Å². The number of nitrogens with zero attached hydrogens (tertiary/aromatic N) is 3. The number of benzene rings is 1. The number of likely N-dealkylation sites (N-methyl/N-ethyl adjacent to an activating group) is 3. The topological polar surface area (TPSA) is 21.8 Å². The van der Waals surface area contributed by atoms with E-state index >= 15 is 0 Å². The first-order chi connectivity index (χ1) is 13.6. The summed E-state index contributed by atoms with van der Waals surface area (Å²) >= 11 is 1.84. The molecule has 0 unspecified atom stereocenters. The van der Waals surface area contributed by atoms with E-state index in [4.69, 9.17) is 0 Å². The van der Waals surface area contributed by atoms with Gasteiger partial charge in [0.1, 0.15) is 6.08 Å². The number of nitrogens with one attached hydrogen (secondary N) is 1. The van der Waals surface area contributed by atoms with E-state index in [2.05, 4.69) is 91.2 Å². The molecular formula is C23H33N4S+. The Hall–Kier alpha value is -1.94. The molecule has 0 radical (unpaired) electrons. The maximum absolute atomic E-state index is 3.56. The van der Waals surface area contributed by atoms with Crippen LogP contribution >= 0.6 is 11.8 Å². The lowest BCUT2D eigenvalue weighted by Crippen LogP contribution is -2.33. The van der Waals surface area contributed by atoms with Crippen LogP contribution in [0.5, 0.6) is 0 Å². The van der Waals surface area contributed by atoms with E-state index in [9.17, 15) is 0 Å². The molecule has 1 N–H and O–H groups in total. The first-order valence-electron chi connectivity index (χ1n) is 10.4. The highest BCUT2D eigenvalue weighted by molar-refractivity contribution is 8.03. The van der Waals surface area contributed by atoms with Crippen molar-refractivity contribution in [1.82, 2.24) is 9.80 Å². The van der Waals surface area contributed by atoms with Gasteiger partial charge in [-0.25, -0.2) is 0 Å². The van der Waals surface area contributed by atoms with Crippen molar-refractivity contribution in [1.29, 1.82) is 0 Å². The average Bonchev–Trinajstić information content (AvgIpc) is 2.73. The van der Waals surface area contributed by atoms with E-state index in [1.165, 1.54) is 26.9 Å². The molecule has 1 aliphatic carbocycles. The van der Waals surface area contributed by atoms with Crippen LogP contribution < -0.4 is 10.2 Å². The Kier molecular flexibility index (Phi) is 7.06. The molecule has 0 atom stereocenters. The van der Waals surface area contributed by atoms with E-state index in [1.54, 1.807) is 0 Å². The third-order valence-electron chi connectivity index (χ3n) is 5.55. The number of allylic oxidation sites excluding steroid dienone is 3. The summed E-state index contributed by atoms with van der Waals surface area (Å²) in [5.74, 6) is 0. The number of rotatable bonds is 9. The minimum Gasteiger partial charge on any atom is -0.373 e. The molecule has 0 amide bonds. The van der Waals surface area contributed by atoms with Crippen molar-refractivity contribution >= 4 is 23.1 Å². The molecule has 0 fully saturated rings. The smallest absolute Gasteiger partial charge is 0.222 e. The number of thioether (sulfide) groups is 1. The fraction of sp³-hybridized carbons (Fsp3) is 0.478. The molecule has 0 saturated heterocycles. The molecule has 0 saturated carbocycles. The Labute approximate surface area is 175 Å². The SMILES string of the molecule is CCN(CC)CCN(C)c1ccc2c(c1)SC1=C([C+]=CC(N(CC)CC)=C1)N2. The molecule has 0 bridgehead atoms. The highest BCUT2D eigenvalue weighted by Crippen LogP contribution is 2.43. The molecule has 0 spiro atoms. The summed E-state index contributed by atoms with van der Waals surface area (Å²) in [6.45, 7) is 15.2. The lowest BCUT2D eigenvalue weighted by molar-refractivity contribution is 0.311. The normalized spacial score (nSPS) is 14.9. The second-order valence-electron chi connectivity index (χ2n) is 7.13. The highest BCUT2D eigenvalue weighted by atomic mass is 32.2. The van der Waals surface area contributed by atoms with Crippen molar-refractivity contribution in [2.75, 3.05) is 56.5 Å². The van der Waals surface area contributed by atoms with Crippen LogP contribution in [0.1, 0.15) is 27.7 Å². The summed E-state index contributed by atoms with van der Waals surface area (Å²) < 4.78 is 0. The first kappa shape index (κ1) is 20.8. The zero-order valence-electron chi connectivity index (χ0n) is 17.9. The Morgan fingerprint density at radius 2 is 1.75 bits per heavy atom. The third kappa shape index (κ3) is 4.54. The van der Waals surface area contributed by atoms with Crippen molar-refractivity contribution in [3.63, 3.8) is 0 Å². The molecular weight excluding hydrogens is 364 g/mol. The van der Waals surface area contributed by atoms with Crippen molar-refractivity contribution in [3.05, 3.63) is 52.7 Å². The van der Waals surface area contributed by atoms with Crippen LogP contribution in [0.3, 0.4) is 0 Å². The Balaban J connectivity index is 1.74. The lowest BCUT2D eigenvalue weighted by atomic mass is 10.1. The van der Waals surface area contributed by atoms with E-state index in [0.29, 0.717) is 0 Å². The quantitative estimate of drug-likeness (QED) is 0.603. The summed E-state index contributed by atoms with van der Waals surface area (Å²) in [6, 6.07) is 6.72. The van der Waals surface area contributed by atoms with Gasteiger partial charge < -0.3 is 20.0 Å². The van der Waals surface area contributed by atoms with Crippen LogP contribution in [0.15, 0.2) is 51.5 Å². The van der Waals surface area contributed by atoms with E-state index in [-0.39, 0.29) is 0 Å². The number of hydrogen-bond acceptors (Lipinski definition) is 5. The maximum atomic E-state index is 3.56. The molecule has 2 aliphatic rings. The summed E-state index contributed by atoms with van der Waals surface area (Å²) in [5.41, 5.74) is 4.77. The van der Waals surface area contributed by atoms with Crippen LogP contribution in [0.2, 0.25) is 0 Å². The van der Waals surface area contributed by atoms with Crippen LogP contribution in [0.25, 0.3) is 0 Å². The van der Waals surface area contributed by atoms with Gasteiger partial charge in [-0.1, -0.05) is 13.8 Å². The molecule has 1 aliphatic heterocycles. The average molecular weight is 398 g/mol. The monoisotopic (exact) mass is 397 g/mol. The van der Waals surface area contributed by atoms with Crippen molar-refractivity contribution in [3.8, 4) is 0 Å². The summed E-state index contributed by atoms with van der Waals surface area (Å²) in [7, 11) is 2.19. The number of hydrogen-bond donors (Lipinski definition) is 1. The zero-order valence-corrected chi connectivity index (χ0v) is 18.7. The zero-order chi connectivity index (χ0) is 20.1. The summed E-state index contributed by atoms with van der Waals surface area (Å²) in [5, 5.41) is 3.56. The number of fused-ring (bicyclic) bond motifs is 1. The van der Waals surface area contributed by atoms with Crippen LogP contribution in [0.4, 0.5) is 11.4 Å².